The Morgan fingerprint density at radius 1 is 0.938 bits per heavy atom. The molecule has 2 aromatic rings. The van der Waals surface area contributed by atoms with E-state index in [-0.39, 0.29) is 0 Å². The van der Waals surface area contributed by atoms with Gasteiger partial charge in [-0.05, 0) is 12.1 Å². The summed E-state index contributed by atoms with van der Waals surface area (Å²) in [6.45, 7) is 0. The Morgan fingerprint density at radius 3 is 2.12 bits per heavy atom. The molecule has 7 heteroatoms. The fourth-order valence-corrected chi connectivity index (χ4v) is 1.04. The maximum absolute atomic E-state index is 8.49. The van der Waals surface area contributed by atoms with Gasteiger partial charge in [0.1, 0.15) is 5.58 Å². The predicted molar refractivity (Wildman–Crippen MR) is 41.3 cm³/mol. The molecule has 86 valence electrons. The van der Waals surface area contributed by atoms with Gasteiger partial charge in [0, 0.05) is 5.39 Å². The van der Waals surface area contributed by atoms with Gasteiger partial charge >= 0.3 is 5.55 Å². The number of halogens is 1. The first kappa shape index (κ1) is 12.6. The lowest BCUT2D eigenvalue weighted by molar-refractivity contribution is -2.00. The van der Waals surface area contributed by atoms with E-state index < -0.39 is 10.2 Å². The molecule has 0 unspecified atom stereocenters. The lowest BCUT2D eigenvalue weighted by Crippen LogP contribution is -2.68. The summed E-state index contributed by atoms with van der Waals surface area (Å²) in [5.41, 5.74) is 1.27. The molecule has 1 aromatic carbocycles. The predicted octanol–water partition coefficient (Wildman–Crippen LogP) is -4.66. The number of hydrogen-bond acceptors (Lipinski definition) is 5. The monoisotopic (exact) mass is 245 g/mol. The van der Waals surface area contributed by atoms with Crippen LogP contribution in [0.4, 0.5) is 0 Å². The molecule has 2 N–H and O–H groups in total. The quantitative estimate of drug-likeness (QED) is 0.498. The standard InChI is InChI=1S/C9H7NO.ClHO4/c10-9-6-5-7-3-1-2-4-8(7)11-9;2-1(3,4)5/h1-6,10H;(H,2,3,4,5). The molecule has 0 radical (unpaired) electrons. The molecular weight excluding hydrogens is 238 g/mol. The maximum Gasteiger partial charge on any atom is 0.364 e. The van der Waals surface area contributed by atoms with Crippen molar-refractivity contribution < 1.29 is 38.7 Å². The van der Waals surface area contributed by atoms with E-state index in [1.807, 2.05) is 30.3 Å². The average molecular weight is 246 g/mol. The summed E-state index contributed by atoms with van der Waals surface area (Å²) in [5, 5.41) is 6.53. The molecule has 2 rings (SSSR count). The zero-order valence-corrected chi connectivity index (χ0v) is 8.72. The molecule has 0 bridgehead atoms. The van der Waals surface area contributed by atoms with Crippen LogP contribution in [0.5, 0.6) is 0 Å². The summed E-state index contributed by atoms with van der Waals surface area (Å²) >= 11 is 0. The Hall–Kier alpha value is -1.44. The van der Waals surface area contributed by atoms with Gasteiger partial charge in [0.2, 0.25) is 0 Å². The molecule has 0 aliphatic heterocycles. The van der Waals surface area contributed by atoms with Crippen LogP contribution in [0.25, 0.3) is 11.0 Å². The fourth-order valence-electron chi connectivity index (χ4n) is 1.04. The summed E-state index contributed by atoms with van der Waals surface area (Å²) in [7, 11) is -4.94. The van der Waals surface area contributed by atoms with E-state index >= 15 is 0 Å². The van der Waals surface area contributed by atoms with E-state index in [9.17, 15) is 0 Å². The first-order valence-corrected chi connectivity index (χ1v) is 5.29. The molecule has 6 nitrogen and oxygen atoms in total. The van der Waals surface area contributed by atoms with Gasteiger partial charge in [0.15, 0.2) is 0 Å². The third-order valence-corrected chi connectivity index (χ3v) is 1.57. The van der Waals surface area contributed by atoms with Crippen molar-refractivity contribution in [2.75, 3.05) is 0 Å². The lowest BCUT2D eigenvalue weighted by Gasteiger charge is -2.17. The number of benzene rings is 1. The zero-order chi connectivity index (χ0) is 12.2. The van der Waals surface area contributed by atoms with Gasteiger partial charge in [-0.3, -0.25) is 0 Å². The number of fused-ring (bicyclic) bond motifs is 1. The number of hydrogen-bond donors (Lipinski definition) is 1. The van der Waals surface area contributed by atoms with Crippen molar-refractivity contribution in [3.63, 3.8) is 0 Å². The third kappa shape index (κ3) is 4.87. The highest BCUT2D eigenvalue weighted by molar-refractivity contribution is 5.75. The molecule has 0 spiro atoms. The minimum atomic E-state index is -4.94. The molecular formula is C9H8ClNO5. The number of para-hydroxylation sites is 1. The molecule has 1 aromatic heterocycles. The Kier molecular flexibility index (Phi) is 3.99. The van der Waals surface area contributed by atoms with E-state index in [0.717, 1.165) is 11.0 Å². The Labute approximate surface area is 92.2 Å². The van der Waals surface area contributed by atoms with Gasteiger partial charge in [0.25, 0.3) is 0 Å². The molecule has 0 saturated carbocycles. The van der Waals surface area contributed by atoms with Crippen molar-refractivity contribution in [3.8, 4) is 0 Å². The molecule has 0 saturated heterocycles. The Balaban J connectivity index is 0.000000221. The molecule has 1 heterocycles. The average Bonchev–Trinajstić information content (AvgIpc) is 2.15. The Bertz CT molecular complexity index is 513. The van der Waals surface area contributed by atoms with Gasteiger partial charge < -0.3 is 4.42 Å². The van der Waals surface area contributed by atoms with E-state index in [0.29, 0.717) is 5.55 Å². The zero-order valence-electron chi connectivity index (χ0n) is 7.96. The van der Waals surface area contributed by atoms with Crippen LogP contribution in [-0.4, -0.2) is 0 Å². The van der Waals surface area contributed by atoms with E-state index in [1.165, 1.54) is 0 Å². The van der Waals surface area contributed by atoms with Crippen molar-refractivity contribution in [1.82, 2.24) is 0 Å². The second kappa shape index (κ2) is 5.06. The van der Waals surface area contributed by atoms with Crippen LogP contribution in [0.1, 0.15) is 0 Å². The highest BCUT2D eigenvalue weighted by Crippen LogP contribution is 2.08. The molecule has 0 atom stereocenters. The van der Waals surface area contributed by atoms with Gasteiger partial charge in [-0.2, -0.15) is 0 Å². The van der Waals surface area contributed by atoms with Crippen molar-refractivity contribution >= 4 is 11.0 Å². The first-order valence-electron chi connectivity index (χ1n) is 4.05. The van der Waals surface area contributed by atoms with Crippen LogP contribution < -0.4 is 29.6 Å². The minimum Gasteiger partial charge on any atom is -0.405 e. The van der Waals surface area contributed by atoms with Crippen LogP contribution in [0.2, 0.25) is 0 Å². The number of nitrogens with two attached hydrogens (primary N) is 1. The smallest absolute Gasteiger partial charge is 0.364 e. The minimum absolute atomic E-state index is 0.448. The summed E-state index contributed by atoms with van der Waals surface area (Å²) in [4.78, 5) is 0. The maximum atomic E-state index is 8.49. The second-order valence-electron chi connectivity index (χ2n) is 2.75. The summed E-state index contributed by atoms with van der Waals surface area (Å²) in [6.07, 6.45) is 0. The summed E-state index contributed by atoms with van der Waals surface area (Å²) in [6, 6.07) is 11.5. The number of rotatable bonds is 0. The topological polar surface area (TPSA) is 131 Å². The van der Waals surface area contributed by atoms with Crippen molar-refractivity contribution in [2.24, 2.45) is 0 Å². The van der Waals surface area contributed by atoms with Crippen LogP contribution in [0.3, 0.4) is 0 Å². The van der Waals surface area contributed by atoms with Crippen LogP contribution in [-0.2, 0) is 0 Å². The van der Waals surface area contributed by atoms with Crippen LogP contribution >= 0.6 is 0 Å². The van der Waals surface area contributed by atoms with Crippen molar-refractivity contribution in [2.45, 2.75) is 0 Å². The SMILES string of the molecule is [NH2+]=c1ccc2ccccc2o1.[O-][Cl+3]([O-])([O-])[O-]. The summed E-state index contributed by atoms with van der Waals surface area (Å²) < 4.78 is 39.2. The highest BCUT2D eigenvalue weighted by atomic mass is 35.7. The largest absolute Gasteiger partial charge is 0.405 e. The second-order valence-corrected chi connectivity index (χ2v) is 3.51. The normalized spacial score (nSPS) is 10.8. The third-order valence-electron chi connectivity index (χ3n) is 1.57. The highest BCUT2D eigenvalue weighted by Gasteiger charge is 1.92. The fraction of sp³-hybridized carbons (Fsp3) is 0. The van der Waals surface area contributed by atoms with Gasteiger partial charge in [-0.25, -0.2) is 24.0 Å². The van der Waals surface area contributed by atoms with Crippen LogP contribution in [0, 0.1) is 10.2 Å². The van der Waals surface area contributed by atoms with Crippen LogP contribution in [0.15, 0.2) is 40.8 Å². The lowest BCUT2D eigenvalue weighted by atomic mass is 10.2. The van der Waals surface area contributed by atoms with Gasteiger partial charge in [0.05, 0.1) is 6.07 Å². The van der Waals surface area contributed by atoms with E-state index in [2.05, 4.69) is 0 Å². The molecule has 16 heavy (non-hydrogen) atoms. The van der Waals surface area contributed by atoms with Crippen molar-refractivity contribution in [1.29, 1.82) is 0 Å². The van der Waals surface area contributed by atoms with E-state index in [4.69, 9.17) is 28.5 Å². The van der Waals surface area contributed by atoms with E-state index in [1.54, 1.807) is 6.07 Å². The van der Waals surface area contributed by atoms with Gasteiger partial charge in [-0.15, -0.1) is 10.2 Å². The Morgan fingerprint density at radius 2 is 1.50 bits per heavy atom. The summed E-state index contributed by atoms with van der Waals surface area (Å²) in [5.74, 6) is 0. The first-order chi connectivity index (χ1) is 7.36. The molecule has 0 fully saturated rings. The van der Waals surface area contributed by atoms with Gasteiger partial charge in [-0.1, -0.05) is 18.2 Å². The molecule has 0 aliphatic carbocycles. The molecule has 0 amide bonds. The molecule has 0 aliphatic rings. The van der Waals surface area contributed by atoms with Crippen molar-refractivity contribution in [3.05, 3.63) is 42.0 Å².